The van der Waals surface area contributed by atoms with Crippen molar-refractivity contribution in [3.05, 3.63) is 52.6 Å². The standard InChI is InChI=1S/C15H17ClFN3OS/c1-20-14(12(16)9-19-20)15(21)18-7-4-8-22-10-11-5-2-3-6-13(11)17/h2-3,5-6,9H,4,7-8,10H2,1H3,(H,18,21). The molecule has 0 aliphatic heterocycles. The van der Waals surface area contributed by atoms with E-state index in [1.54, 1.807) is 30.9 Å². The van der Waals surface area contributed by atoms with E-state index < -0.39 is 0 Å². The highest BCUT2D eigenvalue weighted by atomic mass is 35.5. The number of halogens is 2. The molecule has 1 amide bonds. The summed E-state index contributed by atoms with van der Waals surface area (Å²) in [6, 6.07) is 6.77. The molecule has 0 aliphatic carbocycles. The summed E-state index contributed by atoms with van der Waals surface area (Å²) in [4.78, 5) is 11.9. The average Bonchev–Trinajstić information content (AvgIpc) is 2.83. The molecule has 1 aromatic carbocycles. The molecule has 0 aliphatic rings. The molecule has 2 rings (SSSR count). The maximum Gasteiger partial charge on any atom is 0.271 e. The fourth-order valence-electron chi connectivity index (χ4n) is 1.92. The molecule has 0 spiro atoms. The fraction of sp³-hybridized carbons (Fsp3) is 0.333. The number of carbonyl (C=O) groups excluding carboxylic acids is 1. The van der Waals surface area contributed by atoms with Crippen molar-refractivity contribution in [1.29, 1.82) is 0 Å². The van der Waals surface area contributed by atoms with Crippen LogP contribution in [0.4, 0.5) is 4.39 Å². The molecule has 0 saturated carbocycles. The van der Waals surface area contributed by atoms with Gasteiger partial charge in [-0.25, -0.2) is 4.39 Å². The van der Waals surface area contributed by atoms with Crippen LogP contribution < -0.4 is 5.32 Å². The van der Waals surface area contributed by atoms with Gasteiger partial charge in [0.15, 0.2) is 0 Å². The Balaban J connectivity index is 1.66. The van der Waals surface area contributed by atoms with Crippen molar-refractivity contribution in [1.82, 2.24) is 15.1 Å². The number of nitrogens with one attached hydrogen (secondary N) is 1. The van der Waals surface area contributed by atoms with Gasteiger partial charge in [0.2, 0.25) is 0 Å². The highest BCUT2D eigenvalue weighted by molar-refractivity contribution is 7.98. The van der Waals surface area contributed by atoms with Crippen LogP contribution in [0.5, 0.6) is 0 Å². The average molecular weight is 342 g/mol. The number of nitrogens with zero attached hydrogens (tertiary/aromatic N) is 2. The molecule has 7 heteroatoms. The Morgan fingerprint density at radius 1 is 1.45 bits per heavy atom. The Bertz CT molecular complexity index is 628. The second-order valence-corrected chi connectivity index (χ2v) is 6.23. The van der Waals surface area contributed by atoms with E-state index in [0.29, 0.717) is 28.6 Å². The summed E-state index contributed by atoms with van der Waals surface area (Å²) in [7, 11) is 1.67. The molecule has 1 heterocycles. The van der Waals surface area contributed by atoms with Crippen molar-refractivity contribution >= 4 is 29.3 Å². The summed E-state index contributed by atoms with van der Waals surface area (Å²) in [6.45, 7) is 0.546. The number of benzene rings is 1. The molecule has 0 bridgehead atoms. The minimum atomic E-state index is -0.232. The van der Waals surface area contributed by atoms with Crippen molar-refractivity contribution in [3.8, 4) is 0 Å². The Labute approximate surface area is 138 Å². The molecule has 1 aromatic heterocycles. The summed E-state index contributed by atoms with van der Waals surface area (Å²) in [5, 5.41) is 7.07. The lowest BCUT2D eigenvalue weighted by atomic mass is 10.2. The Morgan fingerprint density at radius 3 is 2.91 bits per heavy atom. The number of amides is 1. The first kappa shape index (κ1) is 16.8. The van der Waals surface area contributed by atoms with Crippen molar-refractivity contribution in [2.75, 3.05) is 12.3 Å². The van der Waals surface area contributed by atoms with Gasteiger partial charge in [0.1, 0.15) is 11.5 Å². The molecule has 1 N–H and O–H groups in total. The van der Waals surface area contributed by atoms with E-state index in [2.05, 4.69) is 10.4 Å². The molecule has 0 atom stereocenters. The molecule has 0 fully saturated rings. The van der Waals surface area contributed by atoms with E-state index in [4.69, 9.17) is 11.6 Å². The third-order valence-electron chi connectivity index (χ3n) is 3.08. The van der Waals surface area contributed by atoms with Gasteiger partial charge in [-0.05, 0) is 23.8 Å². The van der Waals surface area contributed by atoms with Crippen LogP contribution in [0, 0.1) is 5.82 Å². The Hall–Kier alpha value is -1.53. The maximum absolute atomic E-state index is 13.4. The first-order chi connectivity index (χ1) is 10.6. The summed E-state index contributed by atoms with van der Waals surface area (Å²) in [5.74, 6) is 1.07. The van der Waals surface area contributed by atoms with E-state index in [9.17, 15) is 9.18 Å². The van der Waals surface area contributed by atoms with E-state index in [0.717, 1.165) is 12.2 Å². The number of hydrogen-bond donors (Lipinski definition) is 1. The number of aryl methyl sites for hydroxylation is 1. The van der Waals surface area contributed by atoms with Gasteiger partial charge in [0.05, 0.1) is 11.2 Å². The van der Waals surface area contributed by atoms with Crippen molar-refractivity contribution in [3.63, 3.8) is 0 Å². The van der Waals surface area contributed by atoms with Gasteiger partial charge in [0.25, 0.3) is 5.91 Å². The number of aromatic nitrogens is 2. The van der Waals surface area contributed by atoms with Gasteiger partial charge in [-0.1, -0.05) is 29.8 Å². The molecule has 0 saturated heterocycles. The third kappa shape index (κ3) is 4.48. The van der Waals surface area contributed by atoms with Crippen molar-refractivity contribution in [2.45, 2.75) is 12.2 Å². The highest BCUT2D eigenvalue weighted by Crippen LogP contribution is 2.16. The second-order valence-electron chi connectivity index (χ2n) is 4.72. The summed E-state index contributed by atoms with van der Waals surface area (Å²) < 4.78 is 14.9. The predicted octanol–water partition coefficient (Wildman–Crippen LogP) is 3.27. The zero-order valence-electron chi connectivity index (χ0n) is 12.2. The molecule has 0 radical (unpaired) electrons. The lowest BCUT2D eigenvalue weighted by Gasteiger charge is -2.06. The van der Waals surface area contributed by atoms with Crippen LogP contribution in [0.1, 0.15) is 22.5 Å². The summed E-state index contributed by atoms with van der Waals surface area (Å²) >= 11 is 7.54. The summed E-state index contributed by atoms with van der Waals surface area (Å²) in [6.07, 6.45) is 2.25. The van der Waals surface area contributed by atoms with Gasteiger partial charge >= 0.3 is 0 Å². The quantitative estimate of drug-likeness (QED) is 0.786. The number of carbonyl (C=O) groups is 1. The molecule has 118 valence electrons. The number of thioether (sulfide) groups is 1. The van der Waals surface area contributed by atoms with Gasteiger partial charge in [-0.15, -0.1) is 0 Å². The van der Waals surface area contributed by atoms with Crippen LogP contribution in [-0.4, -0.2) is 28.0 Å². The Kier molecular flexibility index (Phi) is 6.27. The predicted molar refractivity (Wildman–Crippen MR) is 87.7 cm³/mol. The van der Waals surface area contributed by atoms with Gasteiger partial charge in [0, 0.05) is 19.3 Å². The topological polar surface area (TPSA) is 46.9 Å². The highest BCUT2D eigenvalue weighted by Gasteiger charge is 2.14. The molecular weight excluding hydrogens is 325 g/mol. The molecule has 22 heavy (non-hydrogen) atoms. The monoisotopic (exact) mass is 341 g/mol. The second kappa shape index (κ2) is 8.19. The van der Waals surface area contributed by atoms with Crippen LogP contribution in [0.25, 0.3) is 0 Å². The largest absolute Gasteiger partial charge is 0.351 e. The van der Waals surface area contributed by atoms with Crippen LogP contribution >= 0.6 is 23.4 Å². The number of hydrogen-bond acceptors (Lipinski definition) is 3. The maximum atomic E-state index is 13.4. The number of rotatable bonds is 7. The van der Waals surface area contributed by atoms with Crippen LogP contribution in [0.3, 0.4) is 0 Å². The lowest BCUT2D eigenvalue weighted by molar-refractivity contribution is 0.0944. The lowest BCUT2D eigenvalue weighted by Crippen LogP contribution is -2.27. The molecule has 2 aromatic rings. The van der Waals surface area contributed by atoms with Crippen LogP contribution in [0.15, 0.2) is 30.5 Å². The van der Waals surface area contributed by atoms with Crippen molar-refractivity contribution < 1.29 is 9.18 Å². The van der Waals surface area contributed by atoms with Gasteiger partial charge < -0.3 is 5.32 Å². The fourth-order valence-corrected chi connectivity index (χ4v) is 3.12. The first-order valence-electron chi connectivity index (χ1n) is 6.86. The normalized spacial score (nSPS) is 10.7. The van der Waals surface area contributed by atoms with E-state index in [1.807, 2.05) is 6.07 Å². The molecule has 4 nitrogen and oxygen atoms in total. The smallest absolute Gasteiger partial charge is 0.271 e. The van der Waals surface area contributed by atoms with E-state index >= 15 is 0 Å². The van der Waals surface area contributed by atoms with Crippen LogP contribution in [0.2, 0.25) is 5.02 Å². The van der Waals surface area contributed by atoms with E-state index in [-0.39, 0.29) is 11.7 Å². The van der Waals surface area contributed by atoms with Crippen molar-refractivity contribution in [2.24, 2.45) is 7.05 Å². The Morgan fingerprint density at radius 2 is 2.23 bits per heavy atom. The minimum Gasteiger partial charge on any atom is -0.351 e. The van der Waals surface area contributed by atoms with Crippen LogP contribution in [-0.2, 0) is 12.8 Å². The van der Waals surface area contributed by atoms with E-state index in [1.165, 1.54) is 16.9 Å². The SMILES string of the molecule is Cn1ncc(Cl)c1C(=O)NCCCSCc1ccccc1F. The molecule has 0 unspecified atom stereocenters. The molecular formula is C15H17ClFN3OS. The first-order valence-corrected chi connectivity index (χ1v) is 8.39. The minimum absolute atomic E-state index is 0.172. The summed E-state index contributed by atoms with van der Waals surface area (Å²) in [5.41, 5.74) is 1.07. The van der Waals surface area contributed by atoms with Gasteiger partial charge in [-0.2, -0.15) is 16.9 Å². The zero-order chi connectivity index (χ0) is 15.9. The third-order valence-corrected chi connectivity index (χ3v) is 4.44. The zero-order valence-corrected chi connectivity index (χ0v) is 13.8. The van der Waals surface area contributed by atoms with Gasteiger partial charge in [-0.3, -0.25) is 9.48 Å².